The van der Waals surface area contributed by atoms with E-state index in [9.17, 15) is 4.79 Å². The molecule has 0 heterocycles. The van der Waals surface area contributed by atoms with Crippen LogP contribution in [0, 0.1) is 11.3 Å². The first-order valence-corrected chi connectivity index (χ1v) is 4.62. The zero-order valence-electron chi connectivity index (χ0n) is 7.87. The molecule has 1 aromatic rings. The maximum atomic E-state index is 10.4. The molecule has 2 N–H and O–H groups in total. The SMILES string of the molecule is N#Cc1ccc(OCCC(N)=O)cc1Cl. The van der Waals surface area contributed by atoms with Crippen LogP contribution in [0.1, 0.15) is 12.0 Å². The molecule has 4 nitrogen and oxygen atoms in total. The van der Waals surface area contributed by atoms with Crippen LogP contribution in [-0.4, -0.2) is 12.5 Å². The zero-order chi connectivity index (χ0) is 11.3. The first kappa shape index (κ1) is 11.3. The lowest BCUT2D eigenvalue weighted by Gasteiger charge is -2.05. The molecule has 0 fully saturated rings. The second-order valence-electron chi connectivity index (χ2n) is 2.82. The van der Waals surface area contributed by atoms with Crippen LogP contribution in [0.15, 0.2) is 18.2 Å². The molecule has 5 heteroatoms. The minimum absolute atomic E-state index is 0.150. The summed E-state index contributed by atoms with van der Waals surface area (Å²) >= 11 is 5.78. The largest absolute Gasteiger partial charge is 0.493 e. The molecule has 0 aromatic heterocycles. The number of halogens is 1. The van der Waals surface area contributed by atoms with Gasteiger partial charge in [0.1, 0.15) is 11.8 Å². The van der Waals surface area contributed by atoms with E-state index in [1.54, 1.807) is 12.1 Å². The van der Waals surface area contributed by atoms with Crippen molar-refractivity contribution in [3.8, 4) is 11.8 Å². The fraction of sp³-hybridized carbons (Fsp3) is 0.200. The fourth-order valence-electron chi connectivity index (χ4n) is 0.946. The third-order valence-electron chi connectivity index (χ3n) is 1.68. The van der Waals surface area contributed by atoms with Crippen molar-refractivity contribution in [3.05, 3.63) is 28.8 Å². The Morgan fingerprint density at radius 1 is 1.60 bits per heavy atom. The number of hydrogen-bond acceptors (Lipinski definition) is 3. The van der Waals surface area contributed by atoms with Crippen molar-refractivity contribution in [1.82, 2.24) is 0 Å². The van der Waals surface area contributed by atoms with Gasteiger partial charge in [0.05, 0.1) is 23.6 Å². The van der Waals surface area contributed by atoms with Crippen molar-refractivity contribution in [3.63, 3.8) is 0 Å². The molecule has 0 spiro atoms. The third-order valence-corrected chi connectivity index (χ3v) is 1.99. The molecule has 0 bridgehead atoms. The lowest BCUT2D eigenvalue weighted by atomic mass is 10.2. The van der Waals surface area contributed by atoms with E-state index in [2.05, 4.69) is 0 Å². The van der Waals surface area contributed by atoms with Crippen molar-refractivity contribution in [2.75, 3.05) is 6.61 Å². The number of hydrogen-bond donors (Lipinski definition) is 1. The first-order chi connectivity index (χ1) is 7.13. The highest BCUT2D eigenvalue weighted by Gasteiger charge is 2.02. The van der Waals surface area contributed by atoms with Gasteiger partial charge in [-0.05, 0) is 12.1 Å². The number of rotatable bonds is 4. The van der Waals surface area contributed by atoms with Crippen LogP contribution in [0.4, 0.5) is 0 Å². The van der Waals surface area contributed by atoms with Gasteiger partial charge in [-0.1, -0.05) is 11.6 Å². The highest BCUT2D eigenvalue weighted by atomic mass is 35.5. The number of amides is 1. The molecule has 15 heavy (non-hydrogen) atoms. The Labute approximate surface area is 92.2 Å². The molecule has 0 saturated carbocycles. The van der Waals surface area contributed by atoms with E-state index in [1.807, 2.05) is 6.07 Å². The monoisotopic (exact) mass is 224 g/mol. The van der Waals surface area contributed by atoms with Crippen molar-refractivity contribution in [2.24, 2.45) is 5.73 Å². The number of nitriles is 1. The Morgan fingerprint density at radius 3 is 2.87 bits per heavy atom. The van der Waals surface area contributed by atoms with Crippen LogP contribution in [0.3, 0.4) is 0 Å². The Kier molecular flexibility index (Phi) is 3.95. The van der Waals surface area contributed by atoms with Gasteiger partial charge in [-0.25, -0.2) is 0 Å². The van der Waals surface area contributed by atoms with E-state index < -0.39 is 5.91 Å². The summed E-state index contributed by atoms with van der Waals surface area (Å²) in [5.74, 6) is 0.0926. The standard InChI is InChI=1S/C10H9ClN2O2/c11-9-5-8(2-1-7(9)6-12)15-4-3-10(13)14/h1-2,5H,3-4H2,(H2,13,14). The quantitative estimate of drug-likeness (QED) is 0.841. The molecule has 0 saturated heterocycles. The van der Waals surface area contributed by atoms with Gasteiger partial charge in [-0.2, -0.15) is 5.26 Å². The van der Waals surface area contributed by atoms with Crippen LogP contribution in [0.2, 0.25) is 5.02 Å². The predicted octanol–water partition coefficient (Wildman–Crippen LogP) is 1.47. The summed E-state index contributed by atoms with van der Waals surface area (Å²) < 4.78 is 5.20. The zero-order valence-corrected chi connectivity index (χ0v) is 8.62. The smallest absolute Gasteiger partial charge is 0.220 e. The molecule has 0 atom stereocenters. The van der Waals surface area contributed by atoms with Crippen molar-refractivity contribution >= 4 is 17.5 Å². The number of nitrogens with two attached hydrogens (primary N) is 1. The number of carbonyl (C=O) groups excluding carboxylic acids is 1. The molecule has 0 unspecified atom stereocenters. The van der Waals surface area contributed by atoms with Crippen LogP contribution in [0.5, 0.6) is 5.75 Å². The van der Waals surface area contributed by atoms with E-state index >= 15 is 0 Å². The van der Waals surface area contributed by atoms with Gasteiger partial charge >= 0.3 is 0 Å². The summed E-state index contributed by atoms with van der Waals surface area (Å²) in [7, 11) is 0. The lowest BCUT2D eigenvalue weighted by molar-refractivity contribution is -0.118. The maximum absolute atomic E-state index is 10.4. The average Bonchev–Trinajstić information content (AvgIpc) is 2.17. The van der Waals surface area contributed by atoms with Crippen LogP contribution in [-0.2, 0) is 4.79 Å². The number of benzene rings is 1. The molecule has 78 valence electrons. The van der Waals surface area contributed by atoms with Gasteiger partial charge in [-0.3, -0.25) is 4.79 Å². The van der Waals surface area contributed by atoms with Gasteiger partial charge in [-0.15, -0.1) is 0 Å². The second kappa shape index (κ2) is 5.23. The summed E-state index contributed by atoms with van der Waals surface area (Å²) in [5.41, 5.74) is 5.33. The van der Waals surface area contributed by atoms with Gasteiger partial charge < -0.3 is 10.5 Å². The van der Waals surface area contributed by atoms with E-state index in [1.165, 1.54) is 6.07 Å². The lowest BCUT2D eigenvalue weighted by Crippen LogP contribution is -2.14. The van der Waals surface area contributed by atoms with Crippen molar-refractivity contribution in [1.29, 1.82) is 5.26 Å². The topological polar surface area (TPSA) is 76.1 Å². The molecule has 1 aromatic carbocycles. The first-order valence-electron chi connectivity index (χ1n) is 4.24. The van der Waals surface area contributed by atoms with E-state index in [0.717, 1.165) is 0 Å². The van der Waals surface area contributed by atoms with Crippen molar-refractivity contribution in [2.45, 2.75) is 6.42 Å². The van der Waals surface area contributed by atoms with E-state index in [4.69, 9.17) is 27.3 Å². The minimum atomic E-state index is -0.422. The molecular weight excluding hydrogens is 216 g/mol. The number of carbonyl (C=O) groups is 1. The van der Waals surface area contributed by atoms with Crippen LogP contribution < -0.4 is 10.5 Å². The normalized spacial score (nSPS) is 9.33. The van der Waals surface area contributed by atoms with Gasteiger partial charge in [0.2, 0.25) is 5.91 Å². The predicted molar refractivity (Wildman–Crippen MR) is 55.5 cm³/mol. The van der Waals surface area contributed by atoms with Gasteiger partial charge in [0, 0.05) is 6.07 Å². The third kappa shape index (κ3) is 3.49. The molecule has 0 aliphatic carbocycles. The summed E-state index contributed by atoms with van der Waals surface area (Å²) in [4.78, 5) is 10.4. The highest BCUT2D eigenvalue weighted by molar-refractivity contribution is 6.31. The summed E-state index contributed by atoms with van der Waals surface area (Å²) in [6.45, 7) is 0.206. The molecule has 0 aliphatic rings. The number of primary amides is 1. The van der Waals surface area contributed by atoms with Crippen LogP contribution in [0.25, 0.3) is 0 Å². The summed E-state index contributed by atoms with van der Waals surface area (Å²) in [6, 6.07) is 6.64. The summed E-state index contributed by atoms with van der Waals surface area (Å²) in [5, 5.41) is 8.95. The number of nitrogens with zero attached hydrogens (tertiary/aromatic N) is 1. The van der Waals surface area contributed by atoms with Gasteiger partial charge in [0.25, 0.3) is 0 Å². The maximum Gasteiger partial charge on any atom is 0.220 e. The molecule has 1 amide bonds. The number of ether oxygens (including phenoxy) is 1. The molecule has 0 aliphatic heterocycles. The van der Waals surface area contributed by atoms with Crippen molar-refractivity contribution < 1.29 is 9.53 Å². The average molecular weight is 225 g/mol. The Balaban J connectivity index is 2.60. The molecule has 1 rings (SSSR count). The summed E-state index contributed by atoms with van der Waals surface area (Å²) in [6.07, 6.45) is 0.150. The Bertz CT molecular complexity index is 412. The van der Waals surface area contributed by atoms with E-state index in [-0.39, 0.29) is 13.0 Å². The van der Waals surface area contributed by atoms with Gasteiger partial charge in [0.15, 0.2) is 0 Å². The Hall–Kier alpha value is -1.73. The highest BCUT2D eigenvalue weighted by Crippen LogP contribution is 2.21. The Morgan fingerprint density at radius 2 is 2.33 bits per heavy atom. The molecular formula is C10H9ClN2O2. The van der Waals surface area contributed by atoms with Crippen LogP contribution >= 0.6 is 11.6 Å². The molecule has 0 radical (unpaired) electrons. The fourth-order valence-corrected chi connectivity index (χ4v) is 1.16. The van der Waals surface area contributed by atoms with E-state index in [0.29, 0.717) is 16.3 Å². The second-order valence-corrected chi connectivity index (χ2v) is 3.23. The minimum Gasteiger partial charge on any atom is -0.493 e.